The summed E-state index contributed by atoms with van der Waals surface area (Å²) in [5.41, 5.74) is 0.842. The van der Waals surface area contributed by atoms with E-state index in [0.29, 0.717) is 11.2 Å². The molecule has 3 aromatic rings. The number of hydrogen-bond donors (Lipinski definition) is 0. The standard InChI is InChI=1S/C18H16N6O4S/c19-13-14-4-6-15(7-5-14)29(27,28)22-11-9-21(10-12-22)17-18(24(25)26)23-8-2-1-3-16(23)20-17/h1-8H,9-12H2. The summed E-state index contributed by atoms with van der Waals surface area (Å²) in [4.78, 5) is 17.3. The van der Waals surface area contributed by atoms with E-state index in [9.17, 15) is 18.5 Å². The van der Waals surface area contributed by atoms with Crippen molar-refractivity contribution in [3.05, 3.63) is 64.3 Å². The highest BCUT2D eigenvalue weighted by atomic mass is 32.2. The summed E-state index contributed by atoms with van der Waals surface area (Å²) >= 11 is 0. The summed E-state index contributed by atoms with van der Waals surface area (Å²) in [5.74, 6) is 0.0978. The Morgan fingerprint density at radius 1 is 1.07 bits per heavy atom. The molecule has 1 saturated heterocycles. The zero-order valence-electron chi connectivity index (χ0n) is 15.2. The zero-order chi connectivity index (χ0) is 20.6. The van der Waals surface area contributed by atoms with Crippen molar-refractivity contribution in [1.29, 1.82) is 5.26 Å². The normalized spacial score (nSPS) is 15.3. The number of hydrogen-bond acceptors (Lipinski definition) is 7. The number of sulfonamides is 1. The van der Waals surface area contributed by atoms with Crippen LogP contribution in [-0.2, 0) is 10.0 Å². The first-order valence-corrected chi connectivity index (χ1v) is 10.2. The number of benzene rings is 1. The van der Waals surface area contributed by atoms with Gasteiger partial charge in [0.15, 0.2) is 0 Å². The van der Waals surface area contributed by atoms with Gasteiger partial charge >= 0.3 is 5.82 Å². The molecule has 0 atom stereocenters. The van der Waals surface area contributed by atoms with Crippen LogP contribution in [0, 0.1) is 21.4 Å². The van der Waals surface area contributed by atoms with Crippen LogP contribution >= 0.6 is 0 Å². The lowest BCUT2D eigenvalue weighted by atomic mass is 10.2. The fourth-order valence-electron chi connectivity index (χ4n) is 3.34. The minimum atomic E-state index is -3.71. The van der Waals surface area contributed by atoms with E-state index in [0.717, 1.165) is 0 Å². The van der Waals surface area contributed by atoms with Crippen LogP contribution in [0.3, 0.4) is 0 Å². The largest absolute Gasteiger partial charge is 0.372 e. The molecule has 1 aliphatic heterocycles. The molecule has 0 saturated carbocycles. The molecule has 11 heteroatoms. The van der Waals surface area contributed by atoms with Crippen LogP contribution in [0.25, 0.3) is 5.65 Å². The van der Waals surface area contributed by atoms with Gasteiger partial charge in [-0.2, -0.15) is 19.0 Å². The Kier molecular flexibility index (Phi) is 4.65. The molecule has 0 amide bonds. The third-order valence-electron chi connectivity index (χ3n) is 4.82. The first-order chi connectivity index (χ1) is 13.9. The van der Waals surface area contributed by atoms with Gasteiger partial charge in [0.1, 0.15) is 0 Å². The summed E-state index contributed by atoms with van der Waals surface area (Å²) in [6.45, 7) is 0.904. The summed E-state index contributed by atoms with van der Waals surface area (Å²) in [7, 11) is -3.71. The average molecular weight is 412 g/mol. The monoisotopic (exact) mass is 412 g/mol. The Hall–Kier alpha value is -3.49. The molecule has 3 heterocycles. The van der Waals surface area contributed by atoms with E-state index in [-0.39, 0.29) is 42.7 Å². The molecule has 1 aliphatic rings. The number of nitro groups is 1. The number of anilines is 1. The van der Waals surface area contributed by atoms with E-state index in [4.69, 9.17) is 5.26 Å². The molecule has 1 fully saturated rings. The molecule has 0 bridgehead atoms. The average Bonchev–Trinajstić information content (AvgIpc) is 3.14. The zero-order valence-corrected chi connectivity index (χ0v) is 16.0. The number of imidazole rings is 1. The van der Waals surface area contributed by atoms with Crippen LogP contribution < -0.4 is 4.90 Å². The minimum Gasteiger partial charge on any atom is -0.358 e. The second kappa shape index (κ2) is 7.16. The van der Waals surface area contributed by atoms with Gasteiger partial charge in [-0.05, 0) is 35.3 Å². The molecule has 1 aromatic carbocycles. The quantitative estimate of drug-likeness (QED) is 0.471. The highest BCUT2D eigenvalue weighted by Crippen LogP contribution is 2.30. The summed E-state index contributed by atoms with van der Waals surface area (Å²) in [6, 6.07) is 12.8. The highest BCUT2D eigenvalue weighted by Gasteiger charge is 2.33. The van der Waals surface area contributed by atoms with Crippen LogP contribution in [0.1, 0.15) is 5.56 Å². The van der Waals surface area contributed by atoms with Crippen molar-refractivity contribution in [3.8, 4) is 6.07 Å². The van der Waals surface area contributed by atoms with Crippen LogP contribution in [0.5, 0.6) is 0 Å². The van der Waals surface area contributed by atoms with Crippen LogP contribution in [0.2, 0.25) is 0 Å². The number of fused-ring (bicyclic) bond motifs is 1. The molecule has 29 heavy (non-hydrogen) atoms. The van der Waals surface area contributed by atoms with Crippen LogP contribution in [-0.4, -0.2) is 53.2 Å². The van der Waals surface area contributed by atoms with Crippen molar-refractivity contribution in [2.45, 2.75) is 4.90 Å². The van der Waals surface area contributed by atoms with Gasteiger partial charge in [0.2, 0.25) is 21.5 Å². The third kappa shape index (κ3) is 3.28. The maximum absolute atomic E-state index is 12.8. The topological polar surface area (TPSA) is 125 Å². The van der Waals surface area contributed by atoms with E-state index in [1.54, 1.807) is 29.3 Å². The molecule has 0 N–H and O–H groups in total. The smallest absolute Gasteiger partial charge is 0.358 e. The maximum atomic E-state index is 12.8. The van der Waals surface area contributed by atoms with Gasteiger partial charge in [0, 0.05) is 32.2 Å². The third-order valence-corrected chi connectivity index (χ3v) is 6.73. The first-order valence-electron chi connectivity index (χ1n) is 8.78. The molecule has 0 spiro atoms. The SMILES string of the molecule is N#Cc1ccc(S(=O)(=O)N2CCN(c3nc4ccccn4c3[N+](=O)[O-])CC2)cc1. The number of nitriles is 1. The molecule has 4 rings (SSSR count). The minimum absolute atomic E-state index is 0.115. The van der Waals surface area contributed by atoms with E-state index in [2.05, 4.69) is 4.98 Å². The molecule has 148 valence electrons. The van der Waals surface area contributed by atoms with Gasteiger partial charge in [-0.25, -0.2) is 8.42 Å². The molecule has 0 radical (unpaired) electrons. The molecular weight excluding hydrogens is 396 g/mol. The molecular formula is C18H16N6O4S. The predicted molar refractivity (Wildman–Crippen MR) is 104 cm³/mol. The number of pyridine rings is 1. The first kappa shape index (κ1) is 18.9. The fraction of sp³-hybridized carbons (Fsp3) is 0.222. The summed E-state index contributed by atoms with van der Waals surface area (Å²) < 4.78 is 28.4. The van der Waals surface area contributed by atoms with Crippen molar-refractivity contribution < 1.29 is 13.3 Å². The van der Waals surface area contributed by atoms with Gasteiger partial charge in [-0.1, -0.05) is 6.07 Å². The van der Waals surface area contributed by atoms with Crippen molar-refractivity contribution >= 4 is 27.3 Å². The van der Waals surface area contributed by atoms with E-state index < -0.39 is 14.9 Å². The molecule has 2 aromatic heterocycles. The lowest BCUT2D eigenvalue weighted by Crippen LogP contribution is -2.48. The molecule has 0 unspecified atom stereocenters. The number of aromatic nitrogens is 2. The Labute approximate surface area is 166 Å². The van der Waals surface area contributed by atoms with Crippen molar-refractivity contribution in [2.24, 2.45) is 0 Å². The summed E-state index contributed by atoms with van der Waals surface area (Å²) in [5, 5.41) is 20.4. The van der Waals surface area contributed by atoms with E-state index in [1.807, 2.05) is 6.07 Å². The van der Waals surface area contributed by atoms with Crippen LogP contribution in [0.4, 0.5) is 11.6 Å². The van der Waals surface area contributed by atoms with Crippen molar-refractivity contribution in [2.75, 3.05) is 31.1 Å². The van der Waals surface area contributed by atoms with Gasteiger partial charge in [0.25, 0.3) is 0 Å². The van der Waals surface area contributed by atoms with Crippen molar-refractivity contribution in [3.63, 3.8) is 0 Å². The lowest BCUT2D eigenvalue weighted by Gasteiger charge is -2.33. The Morgan fingerprint density at radius 3 is 2.38 bits per heavy atom. The Balaban J connectivity index is 1.57. The Morgan fingerprint density at radius 2 is 1.76 bits per heavy atom. The molecule has 10 nitrogen and oxygen atoms in total. The second-order valence-corrected chi connectivity index (χ2v) is 8.41. The van der Waals surface area contributed by atoms with Gasteiger partial charge in [-0.3, -0.25) is 0 Å². The lowest BCUT2D eigenvalue weighted by molar-refractivity contribution is -0.389. The second-order valence-electron chi connectivity index (χ2n) is 6.47. The number of nitrogens with zero attached hydrogens (tertiary/aromatic N) is 6. The van der Waals surface area contributed by atoms with E-state index >= 15 is 0 Å². The van der Waals surface area contributed by atoms with Gasteiger partial charge in [-0.15, -0.1) is 0 Å². The number of piperazine rings is 1. The Bertz CT molecular complexity index is 1220. The highest BCUT2D eigenvalue weighted by molar-refractivity contribution is 7.89. The predicted octanol–water partition coefficient (Wildman–Crippen LogP) is 1.63. The summed E-state index contributed by atoms with van der Waals surface area (Å²) in [6.07, 6.45) is 1.58. The van der Waals surface area contributed by atoms with Crippen LogP contribution in [0.15, 0.2) is 53.6 Å². The van der Waals surface area contributed by atoms with Crippen molar-refractivity contribution in [1.82, 2.24) is 13.7 Å². The van der Waals surface area contributed by atoms with Gasteiger partial charge < -0.3 is 15.0 Å². The fourth-order valence-corrected chi connectivity index (χ4v) is 4.77. The maximum Gasteiger partial charge on any atom is 0.372 e. The molecule has 0 aliphatic carbocycles. The number of rotatable bonds is 4. The van der Waals surface area contributed by atoms with Gasteiger partial charge in [0.05, 0.1) is 22.7 Å². The van der Waals surface area contributed by atoms with E-state index in [1.165, 1.54) is 33.0 Å².